The second-order valence-corrected chi connectivity index (χ2v) is 8.25. The highest BCUT2D eigenvalue weighted by Crippen LogP contribution is 2.29. The predicted molar refractivity (Wildman–Crippen MR) is 118 cm³/mol. The quantitative estimate of drug-likeness (QED) is 0.691. The molecule has 1 aliphatic heterocycles. The first kappa shape index (κ1) is 20.3. The Balaban J connectivity index is 1.59. The summed E-state index contributed by atoms with van der Waals surface area (Å²) in [6.07, 6.45) is 10.00. The van der Waals surface area contributed by atoms with Gasteiger partial charge in [0.1, 0.15) is 6.04 Å². The zero-order valence-electron chi connectivity index (χ0n) is 17.4. The molecule has 1 saturated carbocycles. The molecular formula is C25H29N3O2. The summed E-state index contributed by atoms with van der Waals surface area (Å²) < 4.78 is 0. The third-order valence-corrected chi connectivity index (χ3v) is 6.27. The maximum atomic E-state index is 13.3. The van der Waals surface area contributed by atoms with Gasteiger partial charge in [-0.2, -0.15) is 0 Å². The van der Waals surface area contributed by atoms with Crippen LogP contribution in [0.5, 0.6) is 0 Å². The lowest BCUT2D eigenvalue weighted by Gasteiger charge is -2.41. The zero-order chi connectivity index (χ0) is 20.9. The molecule has 2 aliphatic rings. The Hall–Kier alpha value is -2.95. The highest BCUT2D eigenvalue weighted by atomic mass is 16.2. The van der Waals surface area contributed by atoms with Gasteiger partial charge in [-0.3, -0.25) is 14.6 Å². The largest absolute Gasteiger partial charge is 0.335 e. The van der Waals surface area contributed by atoms with Gasteiger partial charge in [-0.1, -0.05) is 49.2 Å². The fourth-order valence-electron chi connectivity index (χ4n) is 4.68. The number of hydrogen-bond acceptors (Lipinski definition) is 3. The molecule has 4 rings (SSSR count). The summed E-state index contributed by atoms with van der Waals surface area (Å²) in [5.41, 5.74) is 3.17. The predicted octanol–water partition coefficient (Wildman–Crippen LogP) is 3.71. The molecule has 30 heavy (non-hydrogen) atoms. The Morgan fingerprint density at radius 3 is 2.67 bits per heavy atom. The van der Waals surface area contributed by atoms with Crippen molar-refractivity contribution in [3.8, 4) is 11.1 Å². The molecule has 1 unspecified atom stereocenters. The molecule has 1 aromatic heterocycles. The molecule has 2 fully saturated rings. The molecule has 2 aromatic rings. The van der Waals surface area contributed by atoms with E-state index in [1.165, 1.54) is 0 Å². The van der Waals surface area contributed by atoms with E-state index in [1.807, 2.05) is 40.3 Å². The van der Waals surface area contributed by atoms with Crippen LogP contribution in [0, 0.1) is 5.92 Å². The van der Waals surface area contributed by atoms with Crippen molar-refractivity contribution in [2.24, 2.45) is 5.92 Å². The topological polar surface area (TPSA) is 53.5 Å². The van der Waals surface area contributed by atoms with Crippen LogP contribution in [0.25, 0.3) is 11.1 Å². The molecule has 5 heteroatoms. The highest BCUT2D eigenvalue weighted by Gasteiger charge is 2.39. The minimum atomic E-state index is -0.448. The second-order valence-electron chi connectivity index (χ2n) is 8.25. The van der Waals surface area contributed by atoms with Crippen LogP contribution in [0.2, 0.25) is 0 Å². The monoisotopic (exact) mass is 403 g/mol. The molecule has 1 saturated heterocycles. The third-order valence-electron chi connectivity index (χ3n) is 6.27. The number of aromatic nitrogens is 1. The van der Waals surface area contributed by atoms with Crippen molar-refractivity contribution in [1.82, 2.24) is 14.8 Å². The van der Waals surface area contributed by atoms with Crippen molar-refractivity contribution < 1.29 is 9.59 Å². The van der Waals surface area contributed by atoms with E-state index in [0.29, 0.717) is 26.1 Å². The van der Waals surface area contributed by atoms with Crippen molar-refractivity contribution >= 4 is 11.8 Å². The minimum absolute atomic E-state index is 0.0271. The van der Waals surface area contributed by atoms with Gasteiger partial charge in [0.25, 0.3) is 0 Å². The van der Waals surface area contributed by atoms with E-state index >= 15 is 0 Å². The van der Waals surface area contributed by atoms with Crippen LogP contribution in [-0.4, -0.2) is 52.3 Å². The standard InChI is InChI=1S/C25H29N3O2/c1-2-13-27-14-15-28(24(29)20-8-3-4-9-20)23(25(27)30)17-19-7-5-10-21(16-19)22-11-6-12-26-18-22/h2,5-7,10-12,16,18,20,23H,1,3-4,8-9,13-15,17H2. The second kappa shape index (κ2) is 9.24. The number of benzene rings is 1. The molecule has 0 spiro atoms. The molecule has 0 radical (unpaired) electrons. The van der Waals surface area contributed by atoms with Crippen molar-refractivity contribution in [3.05, 3.63) is 67.0 Å². The van der Waals surface area contributed by atoms with Gasteiger partial charge in [0.2, 0.25) is 11.8 Å². The van der Waals surface area contributed by atoms with Crippen LogP contribution in [0.4, 0.5) is 0 Å². The van der Waals surface area contributed by atoms with Gasteiger partial charge in [-0.25, -0.2) is 0 Å². The average Bonchev–Trinajstić information content (AvgIpc) is 3.32. The van der Waals surface area contributed by atoms with Gasteiger partial charge in [-0.05, 0) is 35.6 Å². The van der Waals surface area contributed by atoms with Gasteiger partial charge in [0.05, 0.1) is 0 Å². The first-order valence-corrected chi connectivity index (χ1v) is 10.9. The Labute approximate surface area is 178 Å². The highest BCUT2D eigenvalue weighted by molar-refractivity contribution is 5.90. The summed E-state index contributed by atoms with van der Waals surface area (Å²) in [4.78, 5) is 34.4. The van der Waals surface area contributed by atoms with E-state index in [9.17, 15) is 9.59 Å². The van der Waals surface area contributed by atoms with Crippen LogP contribution in [0.3, 0.4) is 0 Å². The summed E-state index contributed by atoms with van der Waals surface area (Å²) in [5, 5.41) is 0. The summed E-state index contributed by atoms with van der Waals surface area (Å²) >= 11 is 0. The van der Waals surface area contributed by atoms with E-state index < -0.39 is 6.04 Å². The first-order valence-electron chi connectivity index (χ1n) is 10.9. The number of piperazine rings is 1. The van der Waals surface area contributed by atoms with Crippen molar-refractivity contribution in [1.29, 1.82) is 0 Å². The van der Waals surface area contributed by atoms with Crippen molar-refractivity contribution in [2.75, 3.05) is 19.6 Å². The normalized spacial score (nSPS) is 19.9. The Morgan fingerprint density at radius 2 is 1.93 bits per heavy atom. The molecule has 2 heterocycles. The lowest BCUT2D eigenvalue weighted by atomic mass is 9.96. The van der Waals surface area contributed by atoms with Crippen LogP contribution in [-0.2, 0) is 16.0 Å². The smallest absolute Gasteiger partial charge is 0.246 e. The Bertz CT molecular complexity index is 906. The number of amides is 2. The van der Waals surface area contributed by atoms with Crippen LogP contribution in [0.1, 0.15) is 31.2 Å². The molecule has 156 valence electrons. The number of hydrogen-bond donors (Lipinski definition) is 0. The third kappa shape index (κ3) is 4.30. The minimum Gasteiger partial charge on any atom is -0.335 e. The molecule has 1 aromatic carbocycles. The lowest BCUT2D eigenvalue weighted by molar-refractivity contribution is -0.153. The lowest BCUT2D eigenvalue weighted by Crippen LogP contribution is -2.60. The molecule has 2 amide bonds. The number of carbonyl (C=O) groups excluding carboxylic acids is 2. The fourth-order valence-corrected chi connectivity index (χ4v) is 4.68. The van der Waals surface area contributed by atoms with E-state index in [2.05, 4.69) is 23.7 Å². The van der Waals surface area contributed by atoms with Gasteiger partial charge < -0.3 is 9.80 Å². The molecule has 5 nitrogen and oxygen atoms in total. The Kier molecular flexibility index (Phi) is 6.26. The van der Waals surface area contributed by atoms with Gasteiger partial charge in [0, 0.05) is 44.4 Å². The number of carbonyl (C=O) groups is 2. The SMILES string of the molecule is C=CCN1CCN(C(=O)C2CCCC2)C(Cc2cccc(-c3cccnc3)c2)C1=O. The van der Waals surface area contributed by atoms with Crippen LogP contribution >= 0.6 is 0 Å². The summed E-state index contributed by atoms with van der Waals surface area (Å²) in [6.45, 7) is 5.48. The first-order chi connectivity index (χ1) is 14.7. The van der Waals surface area contributed by atoms with Crippen LogP contribution in [0.15, 0.2) is 61.4 Å². The summed E-state index contributed by atoms with van der Waals surface area (Å²) in [5.74, 6) is 0.264. The number of rotatable bonds is 6. The molecule has 0 N–H and O–H groups in total. The zero-order valence-corrected chi connectivity index (χ0v) is 17.4. The number of nitrogens with zero attached hydrogens (tertiary/aromatic N) is 3. The summed E-state index contributed by atoms with van der Waals surface area (Å²) in [7, 11) is 0. The van der Waals surface area contributed by atoms with E-state index in [4.69, 9.17) is 0 Å². The number of pyridine rings is 1. The molecule has 1 atom stereocenters. The Morgan fingerprint density at radius 1 is 1.13 bits per heavy atom. The molecular weight excluding hydrogens is 374 g/mol. The van der Waals surface area contributed by atoms with Crippen LogP contribution < -0.4 is 0 Å². The average molecular weight is 404 g/mol. The fraction of sp³-hybridized carbons (Fsp3) is 0.400. The van der Waals surface area contributed by atoms with Crippen molar-refractivity contribution in [2.45, 2.75) is 38.1 Å². The maximum Gasteiger partial charge on any atom is 0.246 e. The van der Waals surface area contributed by atoms with Crippen molar-refractivity contribution in [3.63, 3.8) is 0 Å². The van der Waals surface area contributed by atoms with E-state index in [1.54, 1.807) is 12.3 Å². The summed E-state index contributed by atoms with van der Waals surface area (Å²) in [6, 6.07) is 11.7. The molecule has 0 bridgehead atoms. The van der Waals surface area contributed by atoms with E-state index in [0.717, 1.165) is 42.4 Å². The van der Waals surface area contributed by atoms with Gasteiger partial charge in [-0.15, -0.1) is 6.58 Å². The van der Waals surface area contributed by atoms with Gasteiger partial charge >= 0.3 is 0 Å². The molecule has 1 aliphatic carbocycles. The van der Waals surface area contributed by atoms with Gasteiger partial charge in [0.15, 0.2) is 0 Å². The maximum absolute atomic E-state index is 13.3. The van der Waals surface area contributed by atoms with E-state index in [-0.39, 0.29) is 17.7 Å².